The molecule has 0 radical (unpaired) electrons. The Kier molecular flexibility index (Phi) is 4.89. The Hall–Kier alpha value is -1.84. The van der Waals surface area contributed by atoms with Gasteiger partial charge in [0, 0.05) is 17.8 Å². The average Bonchev–Trinajstić information content (AvgIpc) is 2.35. The highest BCUT2D eigenvalue weighted by molar-refractivity contribution is 5.84. The molecule has 0 saturated heterocycles. The summed E-state index contributed by atoms with van der Waals surface area (Å²) in [4.78, 5) is 24.0. The van der Waals surface area contributed by atoms with Gasteiger partial charge in [0.1, 0.15) is 12.3 Å². The predicted octanol–water partition coefficient (Wildman–Crippen LogP) is 1.90. The van der Waals surface area contributed by atoms with E-state index < -0.39 is 0 Å². The molecular formula is C14H20N2O2. The Balaban J connectivity index is 3.13. The van der Waals surface area contributed by atoms with Gasteiger partial charge in [-0.3, -0.25) is 9.59 Å². The number of nitrogens with two attached hydrogens (primary N) is 1. The first-order valence-electron chi connectivity index (χ1n) is 6.13. The third-order valence-corrected chi connectivity index (χ3v) is 3.01. The number of primary amides is 1. The molecule has 4 nitrogen and oxygen atoms in total. The highest BCUT2D eigenvalue weighted by Gasteiger charge is 2.19. The maximum Gasteiger partial charge on any atom is 0.239 e. The number of anilines is 1. The minimum absolute atomic E-state index is 0.345. The van der Waals surface area contributed by atoms with E-state index in [-0.39, 0.29) is 11.9 Å². The fraction of sp³-hybridized carbons (Fsp3) is 0.429. The topological polar surface area (TPSA) is 63.4 Å². The van der Waals surface area contributed by atoms with Crippen molar-refractivity contribution in [2.24, 2.45) is 5.73 Å². The lowest BCUT2D eigenvalue weighted by Gasteiger charge is -2.30. The molecule has 1 rings (SSSR count). The van der Waals surface area contributed by atoms with Crippen molar-refractivity contribution >= 4 is 17.9 Å². The van der Waals surface area contributed by atoms with Crippen LogP contribution in [0.4, 0.5) is 5.69 Å². The van der Waals surface area contributed by atoms with Gasteiger partial charge in [-0.25, -0.2) is 0 Å². The lowest BCUT2D eigenvalue weighted by molar-refractivity contribution is -0.118. The third-order valence-electron chi connectivity index (χ3n) is 3.01. The second-order valence-corrected chi connectivity index (χ2v) is 4.44. The van der Waals surface area contributed by atoms with Crippen LogP contribution in [0.2, 0.25) is 0 Å². The molecule has 0 aliphatic heterocycles. The van der Waals surface area contributed by atoms with Crippen LogP contribution in [-0.4, -0.2) is 24.8 Å². The maximum absolute atomic E-state index is 11.3. The Morgan fingerprint density at radius 1 is 1.50 bits per heavy atom. The van der Waals surface area contributed by atoms with Crippen molar-refractivity contribution in [2.45, 2.75) is 33.2 Å². The van der Waals surface area contributed by atoms with E-state index in [1.165, 1.54) is 0 Å². The molecule has 0 fully saturated rings. The van der Waals surface area contributed by atoms with Gasteiger partial charge in [-0.15, -0.1) is 0 Å². The van der Waals surface area contributed by atoms with Gasteiger partial charge in [0.25, 0.3) is 0 Å². The fourth-order valence-corrected chi connectivity index (χ4v) is 1.99. The first-order chi connectivity index (χ1) is 8.51. The Morgan fingerprint density at radius 3 is 2.61 bits per heavy atom. The monoisotopic (exact) mass is 248 g/mol. The molecular weight excluding hydrogens is 228 g/mol. The molecule has 18 heavy (non-hydrogen) atoms. The molecule has 0 heterocycles. The molecule has 1 unspecified atom stereocenters. The van der Waals surface area contributed by atoms with Crippen LogP contribution < -0.4 is 10.6 Å². The smallest absolute Gasteiger partial charge is 0.239 e. The average molecular weight is 248 g/mol. The van der Waals surface area contributed by atoms with Crippen molar-refractivity contribution in [3.8, 4) is 0 Å². The molecule has 0 aromatic heterocycles. The summed E-state index contributed by atoms with van der Waals surface area (Å²) in [5, 5.41) is 0. The lowest BCUT2D eigenvalue weighted by Crippen LogP contribution is -2.43. The zero-order valence-electron chi connectivity index (χ0n) is 11.1. The van der Waals surface area contributed by atoms with Crippen LogP contribution in [0.15, 0.2) is 18.2 Å². The van der Waals surface area contributed by atoms with E-state index in [9.17, 15) is 9.59 Å². The van der Waals surface area contributed by atoms with Crippen LogP contribution in [0.25, 0.3) is 0 Å². The molecule has 0 saturated carbocycles. The molecule has 98 valence electrons. The number of hydrogen-bond acceptors (Lipinski definition) is 3. The molecule has 1 aromatic rings. The van der Waals surface area contributed by atoms with Gasteiger partial charge in [-0.05, 0) is 44.0 Å². The molecule has 4 heteroatoms. The van der Waals surface area contributed by atoms with Crippen molar-refractivity contribution in [3.63, 3.8) is 0 Å². The van der Waals surface area contributed by atoms with E-state index >= 15 is 0 Å². The highest BCUT2D eigenvalue weighted by Crippen LogP contribution is 2.23. The molecule has 2 N–H and O–H groups in total. The van der Waals surface area contributed by atoms with Gasteiger partial charge in [0.2, 0.25) is 5.91 Å². The van der Waals surface area contributed by atoms with E-state index in [0.29, 0.717) is 5.56 Å². The summed E-state index contributed by atoms with van der Waals surface area (Å²) in [6.07, 6.45) is 1.74. The maximum atomic E-state index is 11.3. The SMILES string of the molecule is CCCN(c1ccc(C=O)cc1C)C(C)C(N)=O. The van der Waals surface area contributed by atoms with Crippen LogP contribution in [-0.2, 0) is 4.79 Å². The second-order valence-electron chi connectivity index (χ2n) is 4.44. The highest BCUT2D eigenvalue weighted by atomic mass is 16.1. The van der Waals surface area contributed by atoms with E-state index in [0.717, 1.165) is 30.5 Å². The number of benzene rings is 1. The molecule has 0 spiro atoms. The van der Waals surface area contributed by atoms with E-state index in [2.05, 4.69) is 6.92 Å². The van der Waals surface area contributed by atoms with Crippen molar-refractivity contribution in [1.29, 1.82) is 0 Å². The van der Waals surface area contributed by atoms with Crippen LogP contribution >= 0.6 is 0 Å². The van der Waals surface area contributed by atoms with E-state index in [1.807, 2.05) is 24.0 Å². The third kappa shape index (κ3) is 3.09. The van der Waals surface area contributed by atoms with E-state index in [4.69, 9.17) is 5.73 Å². The number of aldehydes is 1. The number of nitrogens with zero attached hydrogens (tertiary/aromatic N) is 1. The van der Waals surface area contributed by atoms with Crippen LogP contribution in [0, 0.1) is 6.92 Å². The Morgan fingerprint density at radius 2 is 2.17 bits per heavy atom. The quantitative estimate of drug-likeness (QED) is 0.782. The molecule has 1 atom stereocenters. The minimum Gasteiger partial charge on any atom is -0.368 e. The van der Waals surface area contributed by atoms with E-state index in [1.54, 1.807) is 13.0 Å². The lowest BCUT2D eigenvalue weighted by atomic mass is 10.1. The largest absolute Gasteiger partial charge is 0.368 e. The van der Waals surface area contributed by atoms with Gasteiger partial charge in [-0.2, -0.15) is 0 Å². The second kappa shape index (κ2) is 6.19. The van der Waals surface area contributed by atoms with Crippen LogP contribution in [0.5, 0.6) is 0 Å². The summed E-state index contributed by atoms with van der Waals surface area (Å²) in [6, 6.07) is 5.09. The number of aryl methyl sites for hydroxylation is 1. The molecule has 0 aliphatic carbocycles. The number of hydrogen-bond donors (Lipinski definition) is 1. The fourth-order valence-electron chi connectivity index (χ4n) is 1.99. The zero-order valence-corrected chi connectivity index (χ0v) is 11.1. The van der Waals surface area contributed by atoms with Gasteiger partial charge < -0.3 is 10.6 Å². The van der Waals surface area contributed by atoms with Crippen molar-refractivity contribution in [3.05, 3.63) is 29.3 Å². The molecule has 0 aliphatic rings. The first kappa shape index (κ1) is 14.2. The summed E-state index contributed by atoms with van der Waals surface area (Å²) in [6.45, 7) is 6.53. The standard InChI is InChI=1S/C14H20N2O2/c1-4-7-16(11(3)14(15)18)13-6-5-12(9-17)8-10(13)2/h5-6,8-9,11H,4,7H2,1-3H3,(H2,15,18). The minimum atomic E-state index is -0.356. The summed E-state index contributed by atoms with van der Waals surface area (Å²) >= 11 is 0. The number of carbonyl (C=O) groups excluding carboxylic acids is 2. The van der Waals surface area contributed by atoms with Crippen molar-refractivity contribution in [2.75, 3.05) is 11.4 Å². The molecule has 0 bridgehead atoms. The van der Waals surface area contributed by atoms with Gasteiger partial charge in [0.15, 0.2) is 0 Å². The van der Waals surface area contributed by atoms with Crippen molar-refractivity contribution in [1.82, 2.24) is 0 Å². The van der Waals surface area contributed by atoms with Crippen molar-refractivity contribution < 1.29 is 9.59 Å². The van der Waals surface area contributed by atoms with Gasteiger partial charge in [0.05, 0.1) is 0 Å². The Labute approximate surface area is 108 Å². The Bertz CT molecular complexity index is 443. The number of amides is 1. The summed E-state index contributed by atoms with van der Waals surface area (Å²) in [5.74, 6) is -0.345. The number of rotatable bonds is 6. The molecule has 1 aromatic carbocycles. The summed E-state index contributed by atoms with van der Waals surface area (Å²) in [7, 11) is 0. The summed E-state index contributed by atoms with van der Waals surface area (Å²) < 4.78 is 0. The van der Waals surface area contributed by atoms with Crippen LogP contribution in [0.1, 0.15) is 36.2 Å². The normalized spacial score (nSPS) is 11.9. The summed E-state index contributed by atoms with van der Waals surface area (Å²) in [5.41, 5.74) is 7.94. The van der Waals surface area contributed by atoms with Gasteiger partial charge in [-0.1, -0.05) is 6.92 Å². The predicted molar refractivity (Wildman–Crippen MR) is 72.9 cm³/mol. The number of carbonyl (C=O) groups is 2. The molecule has 1 amide bonds. The van der Waals surface area contributed by atoms with Crippen LogP contribution in [0.3, 0.4) is 0 Å². The van der Waals surface area contributed by atoms with Gasteiger partial charge >= 0.3 is 0 Å². The first-order valence-corrected chi connectivity index (χ1v) is 6.13. The zero-order chi connectivity index (χ0) is 13.7.